The number of fused-ring (bicyclic) bond motifs is 1. The smallest absolute Gasteiger partial charge is 0.165 e. The molecule has 4 aromatic rings. The van der Waals surface area contributed by atoms with Crippen LogP contribution in [0.3, 0.4) is 0 Å². The third-order valence-electron chi connectivity index (χ3n) is 4.73. The Hall–Kier alpha value is -3.42. The molecule has 2 heterocycles. The number of anilines is 1. The maximum atomic E-state index is 8.85. The molecule has 0 spiro atoms. The maximum Gasteiger partial charge on any atom is 0.165 e. The number of nitrogens with zero attached hydrogens (tertiary/aromatic N) is 3. The Morgan fingerprint density at radius 3 is 2.53 bits per heavy atom. The molecule has 0 bridgehead atoms. The highest BCUT2D eigenvalue weighted by Crippen LogP contribution is 2.29. The highest BCUT2D eigenvalue weighted by molar-refractivity contribution is 5.80. The second-order valence-corrected chi connectivity index (χ2v) is 6.68. The first-order chi connectivity index (χ1) is 14.8. The minimum atomic E-state index is 0.0159. The van der Waals surface area contributed by atoms with Gasteiger partial charge in [-0.1, -0.05) is 42.5 Å². The van der Waals surface area contributed by atoms with Crippen molar-refractivity contribution >= 4 is 11.5 Å². The maximum absolute atomic E-state index is 8.85. The van der Waals surface area contributed by atoms with Gasteiger partial charge in [0.2, 0.25) is 0 Å². The van der Waals surface area contributed by atoms with Crippen molar-refractivity contribution in [1.82, 2.24) is 14.6 Å². The second-order valence-electron chi connectivity index (χ2n) is 6.68. The van der Waals surface area contributed by atoms with E-state index >= 15 is 0 Å². The van der Waals surface area contributed by atoms with Crippen molar-refractivity contribution in [2.45, 2.75) is 0 Å². The molecule has 30 heavy (non-hydrogen) atoms. The van der Waals surface area contributed by atoms with Crippen LogP contribution >= 0.6 is 0 Å². The van der Waals surface area contributed by atoms with Crippen LogP contribution in [-0.4, -0.2) is 53.2 Å². The van der Waals surface area contributed by atoms with E-state index in [1.165, 1.54) is 0 Å². The van der Waals surface area contributed by atoms with Crippen molar-refractivity contribution in [3.63, 3.8) is 0 Å². The van der Waals surface area contributed by atoms with Crippen molar-refractivity contribution < 1.29 is 14.6 Å². The molecule has 2 aromatic carbocycles. The van der Waals surface area contributed by atoms with E-state index in [-0.39, 0.29) is 6.61 Å². The van der Waals surface area contributed by atoms with Crippen LogP contribution < -0.4 is 10.1 Å². The molecule has 2 N–H and O–H groups in total. The lowest BCUT2D eigenvalue weighted by Crippen LogP contribution is -2.14. The Kier molecular flexibility index (Phi) is 6.22. The molecular formula is C23H24N4O3. The number of ether oxygens (including phenoxy) is 2. The van der Waals surface area contributed by atoms with Crippen LogP contribution in [0.2, 0.25) is 0 Å². The van der Waals surface area contributed by atoms with Crippen molar-refractivity contribution in [1.29, 1.82) is 0 Å². The highest BCUT2D eigenvalue weighted by atomic mass is 16.5. The minimum Gasteiger partial charge on any atom is -0.497 e. The average molecular weight is 404 g/mol. The molecule has 0 aliphatic heterocycles. The number of aromatic nitrogens is 3. The van der Waals surface area contributed by atoms with Crippen LogP contribution in [0.5, 0.6) is 5.75 Å². The molecule has 7 heteroatoms. The summed E-state index contributed by atoms with van der Waals surface area (Å²) < 4.78 is 12.4. The van der Waals surface area contributed by atoms with Gasteiger partial charge in [0.15, 0.2) is 5.65 Å². The molecular weight excluding hydrogens is 380 g/mol. The average Bonchev–Trinajstić information content (AvgIpc) is 3.23. The van der Waals surface area contributed by atoms with E-state index in [1.54, 1.807) is 11.6 Å². The monoisotopic (exact) mass is 404 g/mol. The van der Waals surface area contributed by atoms with Crippen molar-refractivity contribution in [3.8, 4) is 28.1 Å². The molecule has 7 nitrogen and oxygen atoms in total. The molecule has 0 atom stereocenters. The molecule has 0 saturated heterocycles. The van der Waals surface area contributed by atoms with Gasteiger partial charge in [0.25, 0.3) is 0 Å². The molecule has 0 radical (unpaired) electrons. The zero-order valence-electron chi connectivity index (χ0n) is 16.8. The second kappa shape index (κ2) is 9.39. The summed E-state index contributed by atoms with van der Waals surface area (Å²) in [6, 6.07) is 19.9. The third kappa shape index (κ3) is 4.27. The van der Waals surface area contributed by atoms with Crippen LogP contribution in [0.4, 0.5) is 5.82 Å². The fourth-order valence-corrected chi connectivity index (χ4v) is 3.24. The Bertz CT molecular complexity index is 1090. The van der Waals surface area contributed by atoms with Crippen molar-refractivity contribution in [3.05, 3.63) is 66.9 Å². The summed E-state index contributed by atoms with van der Waals surface area (Å²) in [5.41, 5.74) is 4.61. The molecule has 0 unspecified atom stereocenters. The lowest BCUT2D eigenvalue weighted by Gasteiger charge is -2.11. The molecule has 0 saturated carbocycles. The first-order valence-corrected chi connectivity index (χ1v) is 9.81. The molecule has 154 valence electrons. The summed E-state index contributed by atoms with van der Waals surface area (Å²) in [6.45, 7) is 1.41. The van der Waals surface area contributed by atoms with E-state index in [0.717, 1.165) is 39.6 Å². The first-order valence-electron chi connectivity index (χ1n) is 9.81. The van der Waals surface area contributed by atoms with Gasteiger partial charge < -0.3 is 19.9 Å². The summed E-state index contributed by atoms with van der Waals surface area (Å²) in [6.07, 6.45) is 1.83. The van der Waals surface area contributed by atoms with E-state index in [1.807, 2.05) is 66.9 Å². The van der Waals surface area contributed by atoms with Crippen molar-refractivity contribution in [2.75, 3.05) is 38.8 Å². The van der Waals surface area contributed by atoms with E-state index in [2.05, 4.69) is 10.4 Å². The quantitative estimate of drug-likeness (QED) is 0.416. The molecule has 0 fully saturated rings. The molecule has 0 aliphatic rings. The predicted octanol–water partition coefficient (Wildman–Crippen LogP) is 3.49. The zero-order valence-corrected chi connectivity index (χ0v) is 16.8. The summed E-state index contributed by atoms with van der Waals surface area (Å²) in [7, 11) is 1.65. The Morgan fingerprint density at radius 2 is 1.80 bits per heavy atom. The van der Waals surface area contributed by atoms with Gasteiger partial charge in [-0.05, 0) is 17.7 Å². The zero-order chi connectivity index (χ0) is 20.8. The fourth-order valence-electron chi connectivity index (χ4n) is 3.24. The number of nitrogens with one attached hydrogen (secondary N) is 1. The normalized spacial score (nSPS) is 11.0. The van der Waals surface area contributed by atoms with Gasteiger partial charge in [-0.2, -0.15) is 9.61 Å². The van der Waals surface area contributed by atoms with E-state index in [0.29, 0.717) is 19.8 Å². The van der Waals surface area contributed by atoms with Crippen molar-refractivity contribution in [2.24, 2.45) is 0 Å². The van der Waals surface area contributed by atoms with Crippen LogP contribution in [0, 0.1) is 0 Å². The largest absolute Gasteiger partial charge is 0.497 e. The molecule has 0 amide bonds. The molecule has 2 aromatic heterocycles. The summed E-state index contributed by atoms with van der Waals surface area (Å²) in [5.74, 6) is 1.63. The number of rotatable bonds is 9. The van der Waals surface area contributed by atoms with Crippen LogP contribution in [0.1, 0.15) is 0 Å². The Morgan fingerprint density at radius 1 is 1.00 bits per heavy atom. The number of hydrogen-bond donors (Lipinski definition) is 2. The lowest BCUT2D eigenvalue weighted by atomic mass is 10.1. The Balaban J connectivity index is 1.74. The van der Waals surface area contributed by atoms with Gasteiger partial charge in [0, 0.05) is 23.7 Å². The van der Waals surface area contributed by atoms with Crippen LogP contribution in [0.25, 0.3) is 28.0 Å². The summed E-state index contributed by atoms with van der Waals surface area (Å²) in [5, 5.41) is 16.8. The predicted molar refractivity (Wildman–Crippen MR) is 117 cm³/mol. The summed E-state index contributed by atoms with van der Waals surface area (Å²) in [4.78, 5) is 4.91. The molecule has 4 rings (SSSR count). The van der Waals surface area contributed by atoms with Gasteiger partial charge in [-0.3, -0.25) is 0 Å². The molecule has 0 aliphatic carbocycles. The minimum absolute atomic E-state index is 0.0159. The lowest BCUT2D eigenvalue weighted by molar-refractivity contribution is 0.0991. The SMILES string of the molecule is COc1ccc(-c2cnn3c(NCCOCCO)cc(-c4ccccc4)nc23)cc1. The number of benzene rings is 2. The Labute approximate surface area is 174 Å². The van der Waals surface area contributed by atoms with Gasteiger partial charge in [-0.25, -0.2) is 4.98 Å². The van der Waals surface area contributed by atoms with Gasteiger partial charge in [0.1, 0.15) is 11.6 Å². The number of aliphatic hydroxyl groups excluding tert-OH is 1. The van der Waals surface area contributed by atoms with Crippen LogP contribution in [-0.2, 0) is 4.74 Å². The first kappa shape index (κ1) is 19.9. The van der Waals surface area contributed by atoms with Crippen LogP contribution in [0.15, 0.2) is 66.9 Å². The third-order valence-corrected chi connectivity index (χ3v) is 4.73. The van der Waals surface area contributed by atoms with Gasteiger partial charge in [-0.15, -0.1) is 0 Å². The van der Waals surface area contributed by atoms with Gasteiger partial charge >= 0.3 is 0 Å². The number of hydrogen-bond acceptors (Lipinski definition) is 6. The number of aliphatic hydroxyl groups is 1. The highest BCUT2D eigenvalue weighted by Gasteiger charge is 2.14. The fraction of sp³-hybridized carbons (Fsp3) is 0.217. The van der Waals surface area contributed by atoms with E-state index < -0.39 is 0 Å². The van der Waals surface area contributed by atoms with E-state index in [4.69, 9.17) is 19.6 Å². The number of methoxy groups -OCH3 is 1. The van der Waals surface area contributed by atoms with E-state index in [9.17, 15) is 0 Å². The standard InChI is InChI=1S/C23H24N4O3/c1-29-19-9-7-17(8-10-19)20-16-25-27-22(24-11-13-30-14-12-28)15-21(26-23(20)27)18-5-3-2-4-6-18/h2-10,15-16,24,28H,11-14H2,1H3. The van der Waals surface area contributed by atoms with Gasteiger partial charge in [0.05, 0.1) is 38.8 Å². The topological polar surface area (TPSA) is 80.9 Å². The summed E-state index contributed by atoms with van der Waals surface area (Å²) >= 11 is 0.